The molecule has 1 saturated heterocycles. The second-order valence-electron chi connectivity index (χ2n) is 3.84. The molecule has 0 aromatic carbocycles. The van der Waals surface area contributed by atoms with Crippen molar-refractivity contribution in [3.63, 3.8) is 0 Å². The average molecular weight is 277 g/mol. The summed E-state index contributed by atoms with van der Waals surface area (Å²) in [7, 11) is 0. The van der Waals surface area contributed by atoms with Crippen LogP contribution in [0.4, 0.5) is 5.95 Å². The minimum absolute atomic E-state index is 0.124. The van der Waals surface area contributed by atoms with Crippen LogP contribution in [0.15, 0.2) is 0 Å². The lowest BCUT2D eigenvalue weighted by atomic mass is 10.1. The van der Waals surface area contributed by atoms with Crippen molar-refractivity contribution in [1.82, 2.24) is 15.0 Å². The normalized spacial score (nSPS) is 20.6. The maximum Gasteiger partial charge on any atom is 0.231 e. The molecule has 17 heavy (non-hydrogen) atoms. The first-order chi connectivity index (χ1) is 8.19. The fraction of sp³-hybridized carbons (Fsp3) is 0.700. The zero-order valence-electron chi connectivity index (χ0n) is 9.57. The Morgan fingerprint density at radius 1 is 1.29 bits per heavy atom. The molecule has 1 aliphatic heterocycles. The Kier molecular flexibility index (Phi) is 4.36. The van der Waals surface area contributed by atoms with Crippen molar-refractivity contribution >= 4 is 29.2 Å². The molecule has 1 atom stereocenters. The SMILES string of the molecule is CCOC1CCCN(c2nc(Cl)nc(Cl)n2)C1. The van der Waals surface area contributed by atoms with E-state index in [0.29, 0.717) is 5.95 Å². The second-order valence-corrected chi connectivity index (χ2v) is 4.52. The first-order valence-corrected chi connectivity index (χ1v) is 6.38. The number of aromatic nitrogens is 3. The molecule has 0 radical (unpaired) electrons. The summed E-state index contributed by atoms with van der Waals surface area (Å²) in [5.41, 5.74) is 0. The van der Waals surface area contributed by atoms with Crippen molar-refractivity contribution in [3.05, 3.63) is 10.6 Å². The first kappa shape index (κ1) is 12.8. The molecule has 5 nitrogen and oxygen atoms in total. The van der Waals surface area contributed by atoms with E-state index in [-0.39, 0.29) is 16.7 Å². The summed E-state index contributed by atoms with van der Waals surface area (Å²) in [5, 5.41) is 0.247. The van der Waals surface area contributed by atoms with Crippen molar-refractivity contribution in [2.24, 2.45) is 0 Å². The minimum Gasteiger partial charge on any atom is -0.377 e. The van der Waals surface area contributed by atoms with Gasteiger partial charge in [-0.05, 0) is 43.0 Å². The van der Waals surface area contributed by atoms with Gasteiger partial charge in [-0.3, -0.25) is 0 Å². The Morgan fingerprint density at radius 3 is 2.65 bits per heavy atom. The molecule has 0 spiro atoms. The fourth-order valence-corrected chi connectivity index (χ4v) is 2.30. The van der Waals surface area contributed by atoms with Gasteiger partial charge in [0.05, 0.1) is 6.10 Å². The molecule has 7 heteroatoms. The third-order valence-corrected chi connectivity index (χ3v) is 2.97. The molecular weight excluding hydrogens is 263 g/mol. The molecule has 1 aromatic rings. The van der Waals surface area contributed by atoms with E-state index in [1.54, 1.807) is 0 Å². The van der Waals surface area contributed by atoms with Crippen LogP contribution in [-0.4, -0.2) is 40.8 Å². The summed E-state index contributed by atoms with van der Waals surface area (Å²) in [5.74, 6) is 0.527. The van der Waals surface area contributed by atoms with Crippen LogP contribution in [0.25, 0.3) is 0 Å². The quantitative estimate of drug-likeness (QED) is 0.847. The number of hydrogen-bond donors (Lipinski definition) is 0. The highest BCUT2D eigenvalue weighted by atomic mass is 35.5. The van der Waals surface area contributed by atoms with E-state index in [1.165, 1.54) is 0 Å². The molecule has 0 saturated carbocycles. The van der Waals surface area contributed by atoms with E-state index < -0.39 is 0 Å². The van der Waals surface area contributed by atoms with Gasteiger partial charge in [0, 0.05) is 19.7 Å². The Hall–Kier alpha value is -0.650. The van der Waals surface area contributed by atoms with Gasteiger partial charge in [-0.2, -0.15) is 15.0 Å². The summed E-state index contributed by atoms with van der Waals surface area (Å²) >= 11 is 11.5. The summed E-state index contributed by atoms with van der Waals surface area (Å²) in [6, 6.07) is 0. The minimum atomic E-state index is 0.124. The maximum atomic E-state index is 5.76. The molecule has 0 amide bonds. The molecule has 1 aromatic heterocycles. The zero-order valence-corrected chi connectivity index (χ0v) is 11.1. The largest absolute Gasteiger partial charge is 0.377 e. The highest BCUT2D eigenvalue weighted by Gasteiger charge is 2.22. The van der Waals surface area contributed by atoms with Crippen molar-refractivity contribution < 1.29 is 4.74 Å². The Balaban J connectivity index is 2.10. The van der Waals surface area contributed by atoms with Crippen molar-refractivity contribution in [1.29, 1.82) is 0 Å². The predicted octanol–water partition coefficient (Wildman–Crippen LogP) is 2.18. The van der Waals surface area contributed by atoms with E-state index in [9.17, 15) is 0 Å². The van der Waals surface area contributed by atoms with Gasteiger partial charge >= 0.3 is 0 Å². The van der Waals surface area contributed by atoms with Gasteiger partial charge in [-0.1, -0.05) is 0 Å². The van der Waals surface area contributed by atoms with Crippen LogP contribution < -0.4 is 4.90 Å². The van der Waals surface area contributed by atoms with E-state index in [2.05, 4.69) is 15.0 Å². The van der Waals surface area contributed by atoms with Gasteiger partial charge in [0.1, 0.15) is 0 Å². The first-order valence-electron chi connectivity index (χ1n) is 5.62. The number of anilines is 1. The zero-order chi connectivity index (χ0) is 12.3. The molecule has 2 heterocycles. The smallest absolute Gasteiger partial charge is 0.231 e. The van der Waals surface area contributed by atoms with Crippen LogP contribution in [0, 0.1) is 0 Å². The second kappa shape index (κ2) is 5.80. The van der Waals surface area contributed by atoms with Crippen LogP contribution in [0.2, 0.25) is 10.6 Å². The summed E-state index contributed by atoms with van der Waals surface area (Å²) in [6.07, 6.45) is 2.34. The molecular formula is C10H14Cl2N4O. The van der Waals surface area contributed by atoms with E-state index >= 15 is 0 Å². The van der Waals surface area contributed by atoms with Crippen LogP contribution in [-0.2, 0) is 4.74 Å². The van der Waals surface area contributed by atoms with Gasteiger partial charge < -0.3 is 9.64 Å². The Bertz CT molecular complexity index is 368. The molecule has 0 bridgehead atoms. The third kappa shape index (κ3) is 3.40. The fourth-order valence-electron chi connectivity index (χ4n) is 1.95. The summed E-state index contributed by atoms with van der Waals surface area (Å²) < 4.78 is 5.62. The molecule has 1 fully saturated rings. The van der Waals surface area contributed by atoms with Crippen molar-refractivity contribution in [2.75, 3.05) is 24.6 Å². The van der Waals surface area contributed by atoms with Gasteiger partial charge in [0.15, 0.2) is 0 Å². The summed E-state index contributed by atoms with van der Waals surface area (Å²) in [6.45, 7) is 4.37. The molecule has 2 rings (SSSR count). The number of piperidine rings is 1. The number of ether oxygens (including phenoxy) is 1. The highest BCUT2D eigenvalue weighted by molar-refractivity contribution is 6.31. The van der Waals surface area contributed by atoms with E-state index in [1.807, 2.05) is 11.8 Å². The van der Waals surface area contributed by atoms with Gasteiger partial charge in [0.2, 0.25) is 16.5 Å². The molecule has 0 aliphatic carbocycles. The van der Waals surface area contributed by atoms with E-state index in [0.717, 1.165) is 32.5 Å². The number of halogens is 2. The van der Waals surface area contributed by atoms with Crippen molar-refractivity contribution in [3.8, 4) is 0 Å². The lowest BCUT2D eigenvalue weighted by Gasteiger charge is -2.32. The number of nitrogens with zero attached hydrogens (tertiary/aromatic N) is 4. The number of rotatable bonds is 3. The average Bonchev–Trinajstić information content (AvgIpc) is 2.28. The summed E-state index contributed by atoms with van der Waals surface area (Å²) in [4.78, 5) is 13.9. The standard InChI is InChI=1S/C10H14Cl2N4O/c1-2-17-7-4-3-5-16(6-7)10-14-8(11)13-9(12)15-10/h7H,2-6H2,1H3. The highest BCUT2D eigenvalue weighted by Crippen LogP contribution is 2.20. The third-order valence-electron chi connectivity index (χ3n) is 2.63. The van der Waals surface area contributed by atoms with Crippen LogP contribution >= 0.6 is 23.2 Å². The number of hydrogen-bond acceptors (Lipinski definition) is 5. The maximum absolute atomic E-state index is 5.76. The predicted molar refractivity (Wildman–Crippen MR) is 66.7 cm³/mol. The Morgan fingerprint density at radius 2 is 2.00 bits per heavy atom. The monoisotopic (exact) mass is 276 g/mol. The van der Waals surface area contributed by atoms with E-state index in [4.69, 9.17) is 27.9 Å². The lowest BCUT2D eigenvalue weighted by molar-refractivity contribution is 0.0523. The van der Waals surface area contributed by atoms with Crippen LogP contribution in [0.3, 0.4) is 0 Å². The molecule has 0 N–H and O–H groups in total. The van der Waals surface area contributed by atoms with Crippen molar-refractivity contribution in [2.45, 2.75) is 25.9 Å². The van der Waals surface area contributed by atoms with Gasteiger partial charge in [0.25, 0.3) is 0 Å². The van der Waals surface area contributed by atoms with Crippen LogP contribution in [0.1, 0.15) is 19.8 Å². The van der Waals surface area contributed by atoms with Gasteiger partial charge in [-0.15, -0.1) is 0 Å². The Labute approximate surface area is 110 Å². The molecule has 94 valence electrons. The lowest BCUT2D eigenvalue weighted by Crippen LogP contribution is -2.40. The molecule has 1 aliphatic rings. The topological polar surface area (TPSA) is 51.1 Å². The van der Waals surface area contributed by atoms with Crippen LogP contribution in [0.5, 0.6) is 0 Å². The molecule has 1 unspecified atom stereocenters. The van der Waals surface area contributed by atoms with Gasteiger partial charge in [-0.25, -0.2) is 0 Å².